The molecule has 0 radical (unpaired) electrons. The summed E-state index contributed by atoms with van der Waals surface area (Å²) in [5.74, 6) is 0.432. The SMILES string of the molecule is CC(=O)c1cccc([N+](=O)[O-])c1NCc1ccc(-c2ccccc2-c2nnnn2Cc2ccccc2)cc1. The molecule has 0 aliphatic carbocycles. The van der Waals surface area contributed by atoms with Crippen LogP contribution in [-0.4, -0.2) is 30.9 Å². The van der Waals surface area contributed by atoms with Crippen molar-refractivity contribution in [2.75, 3.05) is 5.32 Å². The van der Waals surface area contributed by atoms with Crippen LogP contribution in [0.1, 0.15) is 28.4 Å². The zero-order valence-corrected chi connectivity index (χ0v) is 20.6. The third kappa shape index (κ3) is 5.17. The number of nitro benzene ring substituents is 1. The number of hydrogen-bond acceptors (Lipinski definition) is 7. The van der Waals surface area contributed by atoms with Crippen molar-refractivity contribution in [1.29, 1.82) is 0 Å². The number of aromatic nitrogens is 4. The quantitative estimate of drug-likeness (QED) is 0.154. The largest absolute Gasteiger partial charge is 0.375 e. The molecular formula is C29H24N6O3. The van der Waals surface area contributed by atoms with E-state index in [1.165, 1.54) is 19.1 Å². The molecule has 0 aliphatic rings. The lowest BCUT2D eigenvalue weighted by Gasteiger charge is -2.13. The van der Waals surface area contributed by atoms with Crippen LogP contribution >= 0.6 is 0 Å². The van der Waals surface area contributed by atoms with Gasteiger partial charge in [-0.2, -0.15) is 0 Å². The summed E-state index contributed by atoms with van der Waals surface area (Å²) in [5.41, 5.74) is 5.27. The van der Waals surface area contributed by atoms with Crippen LogP contribution in [0.25, 0.3) is 22.5 Å². The van der Waals surface area contributed by atoms with E-state index in [1.54, 1.807) is 10.7 Å². The number of rotatable bonds is 9. The van der Waals surface area contributed by atoms with Gasteiger partial charge in [0.15, 0.2) is 11.6 Å². The van der Waals surface area contributed by atoms with Gasteiger partial charge in [-0.25, -0.2) is 4.68 Å². The molecule has 1 aromatic heterocycles. The summed E-state index contributed by atoms with van der Waals surface area (Å²) in [7, 11) is 0. The summed E-state index contributed by atoms with van der Waals surface area (Å²) in [6, 6.07) is 30.3. The molecule has 0 amide bonds. The van der Waals surface area contributed by atoms with Crippen molar-refractivity contribution in [2.24, 2.45) is 0 Å². The summed E-state index contributed by atoms with van der Waals surface area (Å²) in [4.78, 5) is 23.0. The standard InChI is InChI=1S/C29H24N6O3/c1-20(36)24-12-7-13-27(35(37)38)28(24)30-18-21-14-16-23(17-15-21)25-10-5-6-11-26(25)29-31-32-33-34(29)19-22-8-3-2-4-9-22/h2-17,30H,18-19H2,1H3. The predicted molar refractivity (Wildman–Crippen MR) is 145 cm³/mol. The Hall–Kier alpha value is -5.18. The number of Topliss-reactive ketones (excluding diaryl/α,β-unsaturated/α-hetero) is 1. The van der Waals surface area contributed by atoms with Gasteiger partial charge in [-0.05, 0) is 45.7 Å². The molecule has 9 heteroatoms. The summed E-state index contributed by atoms with van der Waals surface area (Å²) in [5, 5.41) is 27.0. The number of benzene rings is 4. The van der Waals surface area contributed by atoms with E-state index in [0.717, 1.165) is 27.8 Å². The first-order valence-corrected chi connectivity index (χ1v) is 12.0. The van der Waals surface area contributed by atoms with Gasteiger partial charge in [0.25, 0.3) is 5.69 Å². The molecule has 0 saturated carbocycles. The van der Waals surface area contributed by atoms with Crippen molar-refractivity contribution in [3.63, 3.8) is 0 Å². The number of ketones is 1. The molecule has 1 heterocycles. The molecule has 9 nitrogen and oxygen atoms in total. The fourth-order valence-electron chi connectivity index (χ4n) is 4.35. The highest BCUT2D eigenvalue weighted by atomic mass is 16.6. The number of hydrogen-bond donors (Lipinski definition) is 1. The molecule has 5 aromatic rings. The van der Waals surface area contributed by atoms with Gasteiger partial charge in [-0.3, -0.25) is 14.9 Å². The third-order valence-electron chi connectivity index (χ3n) is 6.23. The summed E-state index contributed by atoms with van der Waals surface area (Å²) in [6.45, 7) is 2.27. The maximum Gasteiger partial charge on any atom is 0.293 e. The monoisotopic (exact) mass is 504 g/mol. The lowest BCUT2D eigenvalue weighted by molar-refractivity contribution is -0.384. The van der Waals surface area contributed by atoms with Crippen molar-refractivity contribution in [3.8, 4) is 22.5 Å². The molecule has 188 valence electrons. The summed E-state index contributed by atoms with van der Waals surface area (Å²) < 4.78 is 1.78. The first-order valence-electron chi connectivity index (χ1n) is 12.0. The van der Waals surface area contributed by atoms with Gasteiger partial charge in [0.05, 0.1) is 11.5 Å². The van der Waals surface area contributed by atoms with Gasteiger partial charge in [-0.1, -0.05) is 84.9 Å². The molecule has 0 saturated heterocycles. The average Bonchev–Trinajstić information content (AvgIpc) is 3.40. The lowest BCUT2D eigenvalue weighted by Crippen LogP contribution is -2.08. The molecule has 1 N–H and O–H groups in total. The Labute approximate surface area is 218 Å². The molecule has 0 spiro atoms. The molecule has 0 atom stereocenters. The minimum absolute atomic E-state index is 0.128. The highest BCUT2D eigenvalue weighted by Crippen LogP contribution is 2.32. The zero-order valence-electron chi connectivity index (χ0n) is 20.6. The predicted octanol–water partition coefficient (Wildman–Crippen LogP) is 5.78. The van der Waals surface area contributed by atoms with Crippen LogP contribution in [0.3, 0.4) is 0 Å². The van der Waals surface area contributed by atoms with E-state index in [4.69, 9.17) is 0 Å². The van der Waals surface area contributed by atoms with E-state index < -0.39 is 4.92 Å². The number of nitrogens with one attached hydrogen (secondary N) is 1. The summed E-state index contributed by atoms with van der Waals surface area (Å²) in [6.07, 6.45) is 0. The molecule has 0 bridgehead atoms. The van der Waals surface area contributed by atoms with Crippen LogP contribution in [0, 0.1) is 10.1 Å². The fraction of sp³-hybridized carbons (Fsp3) is 0.103. The Balaban J connectivity index is 1.39. The van der Waals surface area contributed by atoms with E-state index in [2.05, 4.69) is 20.8 Å². The van der Waals surface area contributed by atoms with Crippen molar-refractivity contribution >= 4 is 17.2 Å². The lowest BCUT2D eigenvalue weighted by atomic mass is 9.98. The van der Waals surface area contributed by atoms with Crippen molar-refractivity contribution < 1.29 is 9.72 Å². The fourth-order valence-corrected chi connectivity index (χ4v) is 4.35. The maximum atomic E-state index is 12.0. The maximum absolute atomic E-state index is 12.0. The first-order chi connectivity index (χ1) is 18.5. The highest BCUT2D eigenvalue weighted by Gasteiger charge is 2.20. The Bertz CT molecular complexity index is 1560. The number of tetrazole rings is 1. The van der Waals surface area contributed by atoms with Gasteiger partial charge < -0.3 is 5.32 Å². The van der Waals surface area contributed by atoms with Crippen molar-refractivity contribution in [3.05, 3.63) is 124 Å². The van der Waals surface area contributed by atoms with Gasteiger partial charge in [0.2, 0.25) is 0 Å². The van der Waals surface area contributed by atoms with E-state index in [9.17, 15) is 14.9 Å². The van der Waals surface area contributed by atoms with Gasteiger partial charge in [-0.15, -0.1) is 5.10 Å². The Morgan fingerprint density at radius 1 is 0.868 bits per heavy atom. The Morgan fingerprint density at radius 3 is 2.29 bits per heavy atom. The van der Waals surface area contributed by atoms with Crippen LogP contribution in [0.15, 0.2) is 97.1 Å². The number of nitrogens with zero attached hydrogens (tertiary/aromatic N) is 5. The van der Waals surface area contributed by atoms with Crippen LogP contribution in [0.2, 0.25) is 0 Å². The summed E-state index contributed by atoms with van der Waals surface area (Å²) >= 11 is 0. The first kappa shape index (κ1) is 24.5. The molecule has 4 aromatic carbocycles. The van der Waals surface area contributed by atoms with E-state index in [1.807, 2.05) is 78.9 Å². The average molecular weight is 505 g/mol. The second kappa shape index (κ2) is 10.8. The van der Waals surface area contributed by atoms with Crippen LogP contribution in [0.5, 0.6) is 0 Å². The zero-order chi connectivity index (χ0) is 26.5. The Morgan fingerprint density at radius 2 is 1.58 bits per heavy atom. The number of nitro groups is 1. The number of para-hydroxylation sites is 1. The van der Waals surface area contributed by atoms with Gasteiger partial charge in [0.1, 0.15) is 5.69 Å². The van der Waals surface area contributed by atoms with Crippen LogP contribution < -0.4 is 5.32 Å². The van der Waals surface area contributed by atoms with Crippen LogP contribution in [-0.2, 0) is 13.1 Å². The smallest absolute Gasteiger partial charge is 0.293 e. The second-order valence-corrected chi connectivity index (χ2v) is 8.75. The van der Waals surface area contributed by atoms with Gasteiger partial charge in [0, 0.05) is 23.7 Å². The Kier molecular flexibility index (Phi) is 6.99. The van der Waals surface area contributed by atoms with Gasteiger partial charge >= 0.3 is 0 Å². The highest BCUT2D eigenvalue weighted by molar-refractivity contribution is 6.01. The van der Waals surface area contributed by atoms with E-state index in [0.29, 0.717) is 18.9 Å². The van der Waals surface area contributed by atoms with E-state index in [-0.39, 0.29) is 22.7 Å². The second-order valence-electron chi connectivity index (χ2n) is 8.75. The minimum atomic E-state index is -0.486. The molecular weight excluding hydrogens is 480 g/mol. The third-order valence-corrected chi connectivity index (χ3v) is 6.23. The normalized spacial score (nSPS) is 10.8. The van der Waals surface area contributed by atoms with Crippen molar-refractivity contribution in [1.82, 2.24) is 20.2 Å². The molecule has 0 unspecified atom stereocenters. The van der Waals surface area contributed by atoms with Crippen LogP contribution in [0.4, 0.5) is 11.4 Å². The topological polar surface area (TPSA) is 116 Å². The molecule has 38 heavy (non-hydrogen) atoms. The number of carbonyl (C=O) groups excluding carboxylic acids is 1. The molecule has 5 rings (SSSR count). The number of anilines is 1. The molecule has 0 fully saturated rings. The molecule has 0 aliphatic heterocycles. The van der Waals surface area contributed by atoms with E-state index >= 15 is 0 Å². The number of carbonyl (C=O) groups is 1. The van der Waals surface area contributed by atoms with Crippen molar-refractivity contribution in [2.45, 2.75) is 20.0 Å². The minimum Gasteiger partial charge on any atom is -0.375 e.